The molecule has 2 heterocycles. The number of rotatable bonds is 4. The first-order chi connectivity index (χ1) is 7.77. The molecule has 2 aromatic rings. The summed E-state index contributed by atoms with van der Waals surface area (Å²) >= 11 is 0. The largest absolute Gasteiger partial charge is 0.484 e. The number of carboxylic acids is 1. The molecule has 0 aromatic carbocycles. The van der Waals surface area contributed by atoms with Crippen LogP contribution in [-0.4, -0.2) is 21.2 Å². The molecule has 2 aromatic heterocycles. The van der Waals surface area contributed by atoms with Crippen LogP contribution in [0.3, 0.4) is 0 Å². The zero-order valence-electron chi connectivity index (χ0n) is 8.16. The minimum Gasteiger partial charge on any atom is -0.484 e. The molecule has 2 rings (SSSR count). The molecule has 0 amide bonds. The maximum atomic E-state index is 10.7. The van der Waals surface area contributed by atoms with E-state index in [1.54, 1.807) is 18.3 Å². The van der Waals surface area contributed by atoms with E-state index in [0.717, 1.165) is 6.20 Å². The van der Waals surface area contributed by atoms with Gasteiger partial charge in [-0.1, -0.05) is 5.16 Å². The number of hydrogen-bond acceptors (Lipinski definition) is 5. The van der Waals surface area contributed by atoms with Crippen molar-refractivity contribution in [3.05, 3.63) is 42.0 Å². The smallest absolute Gasteiger partial charge is 0.341 e. The van der Waals surface area contributed by atoms with Gasteiger partial charge in [-0.3, -0.25) is 4.98 Å². The van der Waals surface area contributed by atoms with E-state index in [4.69, 9.17) is 14.4 Å². The summed E-state index contributed by atoms with van der Waals surface area (Å²) in [7, 11) is 0. The third-order valence-electron chi connectivity index (χ3n) is 1.88. The SMILES string of the molecule is O=C(O)c1cnoc1COc1cccnc1. The van der Waals surface area contributed by atoms with Gasteiger partial charge in [0.05, 0.1) is 12.4 Å². The highest BCUT2D eigenvalue weighted by Gasteiger charge is 2.15. The highest BCUT2D eigenvalue weighted by Crippen LogP contribution is 2.13. The van der Waals surface area contributed by atoms with Crippen LogP contribution in [0.4, 0.5) is 0 Å². The van der Waals surface area contributed by atoms with Crippen LogP contribution in [0.25, 0.3) is 0 Å². The molecule has 0 saturated heterocycles. The summed E-state index contributed by atoms with van der Waals surface area (Å²) in [6.45, 7) is 0.00727. The summed E-state index contributed by atoms with van der Waals surface area (Å²) in [5.41, 5.74) is 0.00360. The summed E-state index contributed by atoms with van der Waals surface area (Å²) < 4.78 is 10.1. The highest BCUT2D eigenvalue weighted by atomic mass is 16.5. The number of aromatic nitrogens is 2. The van der Waals surface area contributed by atoms with Crippen molar-refractivity contribution < 1.29 is 19.2 Å². The van der Waals surface area contributed by atoms with Gasteiger partial charge in [-0.05, 0) is 12.1 Å². The van der Waals surface area contributed by atoms with E-state index in [2.05, 4.69) is 10.1 Å². The fraction of sp³-hybridized carbons (Fsp3) is 0.100. The predicted octanol–water partition coefficient (Wildman–Crippen LogP) is 1.35. The fourth-order valence-corrected chi connectivity index (χ4v) is 1.12. The van der Waals surface area contributed by atoms with Crippen molar-refractivity contribution in [1.82, 2.24) is 10.1 Å². The Bertz CT molecular complexity index is 481. The third kappa shape index (κ3) is 2.17. The number of hydrogen-bond donors (Lipinski definition) is 1. The van der Waals surface area contributed by atoms with Crippen molar-refractivity contribution in [2.45, 2.75) is 6.61 Å². The molecule has 0 spiro atoms. The normalized spacial score (nSPS) is 10.0. The Kier molecular flexibility index (Phi) is 2.81. The van der Waals surface area contributed by atoms with Crippen LogP contribution in [0, 0.1) is 0 Å². The molecule has 6 nitrogen and oxygen atoms in total. The number of ether oxygens (including phenoxy) is 1. The Hall–Kier alpha value is -2.37. The monoisotopic (exact) mass is 220 g/mol. The lowest BCUT2D eigenvalue weighted by Crippen LogP contribution is -2.02. The number of aromatic carboxylic acids is 1. The first-order valence-electron chi connectivity index (χ1n) is 4.47. The van der Waals surface area contributed by atoms with Crippen molar-refractivity contribution in [3.63, 3.8) is 0 Å². The van der Waals surface area contributed by atoms with Crippen LogP contribution in [-0.2, 0) is 6.61 Å². The molecule has 82 valence electrons. The molecule has 0 aliphatic rings. The minimum absolute atomic E-state index is 0.00360. The summed E-state index contributed by atoms with van der Waals surface area (Å²) in [4.78, 5) is 14.6. The highest BCUT2D eigenvalue weighted by molar-refractivity contribution is 5.88. The molecule has 0 aliphatic heterocycles. The molecular weight excluding hydrogens is 212 g/mol. The van der Waals surface area contributed by atoms with E-state index in [-0.39, 0.29) is 17.9 Å². The Balaban J connectivity index is 2.05. The van der Waals surface area contributed by atoms with Gasteiger partial charge in [0, 0.05) is 6.20 Å². The first kappa shape index (κ1) is 10.2. The van der Waals surface area contributed by atoms with Crippen molar-refractivity contribution in [2.75, 3.05) is 0 Å². The second-order valence-electron chi connectivity index (χ2n) is 2.95. The first-order valence-corrected chi connectivity index (χ1v) is 4.47. The number of pyridine rings is 1. The summed E-state index contributed by atoms with van der Waals surface area (Å²) in [6.07, 6.45) is 4.28. The van der Waals surface area contributed by atoms with E-state index in [1.165, 1.54) is 6.20 Å². The van der Waals surface area contributed by atoms with Gasteiger partial charge in [-0.15, -0.1) is 0 Å². The topological polar surface area (TPSA) is 85.5 Å². The lowest BCUT2D eigenvalue weighted by molar-refractivity contribution is 0.0691. The van der Waals surface area contributed by atoms with E-state index >= 15 is 0 Å². The molecule has 0 radical (unpaired) electrons. The van der Waals surface area contributed by atoms with Crippen molar-refractivity contribution in [3.8, 4) is 5.75 Å². The zero-order chi connectivity index (χ0) is 11.4. The van der Waals surface area contributed by atoms with Crippen LogP contribution in [0.2, 0.25) is 0 Å². The maximum Gasteiger partial charge on any atom is 0.341 e. The third-order valence-corrected chi connectivity index (χ3v) is 1.88. The van der Waals surface area contributed by atoms with Crippen molar-refractivity contribution in [1.29, 1.82) is 0 Å². The second kappa shape index (κ2) is 4.43. The molecule has 0 fully saturated rings. The van der Waals surface area contributed by atoms with E-state index < -0.39 is 5.97 Å². The number of nitrogens with zero attached hydrogens (tertiary/aromatic N) is 2. The van der Waals surface area contributed by atoms with Crippen LogP contribution in [0.15, 0.2) is 35.2 Å². The number of carboxylic acid groups (broad SMARTS) is 1. The molecule has 0 saturated carbocycles. The van der Waals surface area contributed by atoms with Gasteiger partial charge in [0.25, 0.3) is 0 Å². The lowest BCUT2D eigenvalue weighted by Gasteiger charge is -2.02. The van der Waals surface area contributed by atoms with Crippen molar-refractivity contribution >= 4 is 5.97 Å². The standard InChI is InChI=1S/C10H8N2O4/c13-10(14)8-5-12-16-9(8)6-15-7-2-1-3-11-4-7/h1-5H,6H2,(H,13,14). The number of carbonyl (C=O) groups is 1. The molecule has 0 aliphatic carbocycles. The Morgan fingerprint density at radius 3 is 3.06 bits per heavy atom. The Morgan fingerprint density at radius 1 is 1.50 bits per heavy atom. The van der Waals surface area contributed by atoms with Gasteiger partial charge >= 0.3 is 5.97 Å². The van der Waals surface area contributed by atoms with Gasteiger partial charge in [0.1, 0.15) is 17.9 Å². The van der Waals surface area contributed by atoms with Gasteiger partial charge in [0.2, 0.25) is 0 Å². The molecule has 16 heavy (non-hydrogen) atoms. The van der Waals surface area contributed by atoms with E-state index in [0.29, 0.717) is 5.75 Å². The van der Waals surface area contributed by atoms with E-state index in [9.17, 15) is 4.79 Å². The fourth-order valence-electron chi connectivity index (χ4n) is 1.12. The second-order valence-corrected chi connectivity index (χ2v) is 2.95. The van der Waals surface area contributed by atoms with E-state index in [1.807, 2.05) is 0 Å². The average molecular weight is 220 g/mol. The zero-order valence-corrected chi connectivity index (χ0v) is 8.16. The molecule has 6 heteroatoms. The average Bonchev–Trinajstić information content (AvgIpc) is 2.76. The summed E-state index contributed by atoms with van der Waals surface area (Å²) in [5, 5.41) is 12.2. The quantitative estimate of drug-likeness (QED) is 0.836. The van der Waals surface area contributed by atoms with Crippen LogP contribution >= 0.6 is 0 Å². The lowest BCUT2D eigenvalue weighted by atomic mass is 10.3. The predicted molar refractivity (Wildman–Crippen MR) is 52.0 cm³/mol. The molecule has 1 N–H and O–H groups in total. The Labute approximate surface area is 90.5 Å². The van der Waals surface area contributed by atoms with Crippen molar-refractivity contribution in [2.24, 2.45) is 0 Å². The molecular formula is C10H8N2O4. The minimum atomic E-state index is -1.09. The van der Waals surface area contributed by atoms with Crippen LogP contribution in [0.5, 0.6) is 5.75 Å². The van der Waals surface area contributed by atoms with Gasteiger partial charge in [-0.2, -0.15) is 0 Å². The van der Waals surface area contributed by atoms with Gasteiger partial charge < -0.3 is 14.4 Å². The van der Waals surface area contributed by atoms with Gasteiger partial charge in [0.15, 0.2) is 5.76 Å². The van der Waals surface area contributed by atoms with Gasteiger partial charge in [-0.25, -0.2) is 4.79 Å². The summed E-state index contributed by atoms with van der Waals surface area (Å²) in [6, 6.07) is 3.43. The molecule has 0 unspecified atom stereocenters. The van der Waals surface area contributed by atoms with Crippen LogP contribution in [0.1, 0.15) is 16.1 Å². The van der Waals surface area contributed by atoms with Crippen LogP contribution < -0.4 is 4.74 Å². The maximum absolute atomic E-state index is 10.7. The molecule has 0 bridgehead atoms. The Morgan fingerprint density at radius 2 is 2.38 bits per heavy atom. The summed E-state index contributed by atoms with van der Waals surface area (Å²) in [5.74, 6) is -0.377. The molecule has 0 atom stereocenters.